The van der Waals surface area contributed by atoms with Gasteiger partial charge < -0.3 is 24.0 Å². The van der Waals surface area contributed by atoms with E-state index in [0.29, 0.717) is 66.7 Å². The van der Waals surface area contributed by atoms with E-state index in [0.717, 1.165) is 49.0 Å². The molecular formula is C42H42FN3O4. The largest absolute Gasteiger partial charge is 0.473 e. The minimum absolute atomic E-state index is 0.249. The van der Waals surface area contributed by atoms with Crippen LogP contribution in [0.15, 0.2) is 121 Å². The Morgan fingerprint density at radius 3 is 1.92 bits per heavy atom. The molecule has 4 aromatic carbocycles. The number of halogens is 1. The van der Waals surface area contributed by atoms with E-state index in [2.05, 4.69) is 4.90 Å². The molecule has 7 rings (SSSR count). The Labute approximate surface area is 293 Å². The van der Waals surface area contributed by atoms with Gasteiger partial charge in [0.05, 0.1) is 5.69 Å². The van der Waals surface area contributed by atoms with E-state index < -0.39 is 0 Å². The zero-order valence-electron chi connectivity index (χ0n) is 28.1. The fraction of sp³-hybridized carbons (Fsp3) is 0.286. The second kappa shape index (κ2) is 15.9. The molecule has 256 valence electrons. The van der Waals surface area contributed by atoms with Gasteiger partial charge in [-0.1, -0.05) is 97.1 Å². The van der Waals surface area contributed by atoms with Crippen molar-refractivity contribution in [2.24, 2.45) is 11.8 Å². The molecule has 0 bridgehead atoms. The lowest BCUT2D eigenvalue weighted by Gasteiger charge is -2.34. The average Bonchev–Trinajstić information content (AvgIpc) is 3.67. The second-order valence-electron chi connectivity index (χ2n) is 13.1. The molecule has 0 spiro atoms. The quantitative estimate of drug-likeness (QED) is 0.140. The number of benzene rings is 4. The van der Waals surface area contributed by atoms with Gasteiger partial charge in [0, 0.05) is 37.8 Å². The molecule has 7 nitrogen and oxygen atoms in total. The summed E-state index contributed by atoms with van der Waals surface area (Å²) in [5.41, 5.74) is 5.04. The Bertz CT molecular complexity index is 1850. The zero-order chi connectivity index (χ0) is 34.1. The highest BCUT2D eigenvalue weighted by Gasteiger charge is 2.34. The lowest BCUT2D eigenvalue weighted by molar-refractivity contribution is 0.0768. The maximum Gasteiger partial charge on any atom is 0.410 e. The molecule has 5 aromatic rings. The first-order valence-corrected chi connectivity index (χ1v) is 17.4. The molecule has 1 atom stereocenters. The first kappa shape index (κ1) is 33.1. The average molecular weight is 672 g/mol. The van der Waals surface area contributed by atoms with Crippen LogP contribution in [0.5, 0.6) is 11.8 Å². The molecule has 2 saturated heterocycles. The Hall–Kier alpha value is -5.37. The van der Waals surface area contributed by atoms with Gasteiger partial charge in [-0.05, 0) is 71.6 Å². The summed E-state index contributed by atoms with van der Waals surface area (Å²) >= 11 is 0. The van der Waals surface area contributed by atoms with Crippen LogP contribution in [0.4, 0.5) is 14.9 Å². The standard InChI is InChI=1S/C42H42FN3O4/c43-38-26-35(37-17-19-40(48-28-31-10-4-1-5-11-31)44-41(37)49-29-32-12-6-2-7-13-32)16-18-39(38)46-25-22-36(27-46)34-20-23-45(24-21-34)42(47)50-30-33-14-8-3-9-15-33/h1-19,26,34,36H,20-25,27-30H2. The first-order chi connectivity index (χ1) is 24.6. The smallest absolute Gasteiger partial charge is 0.410 e. The van der Waals surface area contributed by atoms with E-state index >= 15 is 4.39 Å². The third-order valence-electron chi connectivity index (χ3n) is 9.78. The SMILES string of the molecule is O=C(OCc1ccccc1)N1CCC(C2CCN(c3ccc(-c4ccc(OCc5ccccc5)nc4OCc4ccccc4)cc3F)C2)CC1. The van der Waals surface area contributed by atoms with Gasteiger partial charge in [-0.3, -0.25) is 0 Å². The van der Waals surface area contributed by atoms with Crippen LogP contribution in [0.25, 0.3) is 11.1 Å². The van der Waals surface area contributed by atoms with Gasteiger partial charge in [-0.2, -0.15) is 4.98 Å². The van der Waals surface area contributed by atoms with Gasteiger partial charge in [0.15, 0.2) is 0 Å². The third-order valence-corrected chi connectivity index (χ3v) is 9.78. The van der Waals surface area contributed by atoms with Crippen molar-refractivity contribution in [3.63, 3.8) is 0 Å². The lowest BCUT2D eigenvalue weighted by atomic mass is 9.84. The van der Waals surface area contributed by atoms with Crippen LogP contribution in [-0.4, -0.2) is 42.2 Å². The summed E-state index contributed by atoms with van der Waals surface area (Å²) in [4.78, 5) is 21.3. The van der Waals surface area contributed by atoms with Crippen molar-refractivity contribution in [3.05, 3.63) is 144 Å². The van der Waals surface area contributed by atoms with E-state index in [9.17, 15) is 4.79 Å². The minimum Gasteiger partial charge on any atom is -0.473 e. The summed E-state index contributed by atoms with van der Waals surface area (Å²) in [6, 6.07) is 38.7. The summed E-state index contributed by atoms with van der Waals surface area (Å²) in [6.45, 7) is 3.99. The summed E-state index contributed by atoms with van der Waals surface area (Å²) in [5, 5.41) is 0. The molecule has 0 saturated carbocycles. The Balaban J connectivity index is 0.982. The normalized spacial score (nSPS) is 16.3. The molecule has 50 heavy (non-hydrogen) atoms. The fourth-order valence-corrected chi connectivity index (χ4v) is 6.98. The van der Waals surface area contributed by atoms with Crippen molar-refractivity contribution in [2.75, 3.05) is 31.1 Å². The highest BCUT2D eigenvalue weighted by molar-refractivity contribution is 5.71. The number of carbonyl (C=O) groups is 1. The van der Waals surface area contributed by atoms with Crippen molar-refractivity contribution in [1.29, 1.82) is 0 Å². The summed E-state index contributed by atoms with van der Waals surface area (Å²) < 4.78 is 33.6. The lowest BCUT2D eigenvalue weighted by Crippen LogP contribution is -2.40. The molecule has 0 aliphatic carbocycles. The van der Waals surface area contributed by atoms with Crippen LogP contribution in [0.2, 0.25) is 0 Å². The van der Waals surface area contributed by atoms with Crippen LogP contribution in [0, 0.1) is 17.7 Å². The number of piperidine rings is 1. The van der Waals surface area contributed by atoms with Crippen LogP contribution >= 0.6 is 0 Å². The Morgan fingerprint density at radius 1 is 0.680 bits per heavy atom. The van der Waals surface area contributed by atoms with E-state index in [1.165, 1.54) is 0 Å². The van der Waals surface area contributed by atoms with E-state index in [4.69, 9.17) is 19.2 Å². The van der Waals surface area contributed by atoms with E-state index in [1.807, 2.05) is 114 Å². The first-order valence-electron chi connectivity index (χ1n) is 17.4. The number of carbonyl (C=O) groups excluding carboxylic acids is 1. The Kier molecular flexibility index (Phi) is 10.5. The van der Waals surface area contributed by atoms with Crippen molar-refractivity contribution >= 4 is 11.8 Å². The zero-order valence-corrected chi connectivity index (χ0v) is 28.1. The third kappa shape index (κ3) is 8.25. The molecule has 1 aromatic heterocycles. The van der Waals surface area contributed by atoms with Crippen molar-refractivity contribution in [2.45, 2.75) is 39.1 Å². The number of hydrogen-bond acceptors (Lipinski definition) is 6. The van der Waals surface area contributed by atoms with Gasteiger partial charge in [-0.15, -0.1) is 0 Å². The molecular weight excluding hydrogens is 629 g/mol. The topological polar surface area (TPSA) is 64.1 Å². The fourth-order valence-electron chi connectivity index (χ4n) is 6.98. The molecule has 0 N–H and O–H groups in total. The molecule has 1 unspecified atom stereocenters. The van der Waals surface area contributed by atoms with Crippen molar-refractivity contribution < 1.29 is 23.4 Å². The maximum absolute atomic E-state index is 15.9. The van der Waals surface area contributed by atoms with Gasteiger partial charge in [0.25, 0.3) is 0 Å². The van der Waals surface area contributed by atoms with Crippen LogP contribution in [0.3, 0.4) is 0 Å². The van der Waals surface area contributed by atoms with Crippen molar-refractivity contribution in [1.82, 2.24) is 9.88 Å². The maximum atomic E-state index is 15.9. The predicted octanol–water partition coefficient (Wildman–Crippen LogP) is 8.92. The number of likely N-dealkylation sites (tertiary alicyclic amines) is 1. The number of anilines is 1. The number of aromatic nitrogens is 1. The van der Waals surface area contributed by atoms with Gasteiger partial charge in [0.1, 0.15) is 25.6 Å². The van der Waals surface area contributed by atoms with Crippen LogP contribution in [-0.2, 0) is 24.6 Å². The minimum atomic E-state index is -0.266. The van der Waals surface area contributed by atoms with E-state index in [1.54, 1.807) is 12.1 Å². The second-order valence-corrected chi connectivity index (χ2v) is 13.1. The molecule has 8 heteroatoms. The monoisotopic (exact) mass is 671 g/mol. The van der Waals surface area contributed by atoms with Gasteiger partial charge >= 0.3 is 6.09 Å². The highest BCUT2D eigenvalue weighted by Crippen LogP contribution is 2.38. The summed E-state index contributed by atoms with van der Waals surface area (Å²) in [6.07, 6.45) is 2.63. The number of ether oxygens (including phenoxy) is 3. The predicted molar refractivity (Wildman–Crippen MR) is 192 cm³/mol. The van der Waals surface area contributed by atoms with Gasteiger partial charge in [0.2, 0.25) is 11.8 Å². The molecule has 2 aliphatic heterocycles. The molecule has 2 aliphatic rings. The molecule has 0 radical (unpaired) electrons. The van der Waals surface area contributed by atoms with Crippen LogP contribution in [0.1, 0.15) is 36.0 Å². The van der Waals surface area contributed by atoms with Gasteiger partial charge in [-0.25, -0.2) is 9.18 Å². The Morgan fingerprint density at radius 2 is 1.28 bits per heavy atom. The number of hydrogen-bond donors (Lipinski definition) is 0. The number of nitrogens with zero attached hydrogens (tertiary/aromatic N) is 3. The van der Waals surface area contributed by atoms with E-state index in [-0.39, 0.29) is 18.5 Å². The molecule has 2 fully saturated rings. The van der Waals surface area contributed by atoms with Crippen molar-refractivity contribution in [3.8, 4) is 22.9 Å². The van der Waals surface area contributed by atoms with Crippen LogP contribution < -0.4 is 14.4 Å². The summed E-state index contributed by atoms with van der Waals surface area (Å²) in [5.74, 6) is 1.53. The number of pyridine rings is 1. The summed E-state index contributed by atoms with van der Waals surface area (Å²) in [7, 11) is 0. The number of rotatable bonds is 11. The molecule has 3 heterocycles. The molecule has 1 amide bonds. The highest BCUT2D eigenvalue weighted by atomic mass is 19.1. The number of amides is 1.